The minimum atomic E-state index is -0.375. The number of rotatable bonds is 3. The van der Waals surface area contributed by atoms with Gasteiger partial charge < -0.3 is 9.64 Å². The van der Waals surface area contributed by atoms with Gasteiger partial charge >= 0.3 is 0 Å². The molecule has 1 aliphatic rings. The molecule has 0 radical (unpaired) electrons. The van der Waals surface area contributed by atoms with Crippen molar-refractivity contribution in [3.8, 4) is 6.07 Å². The van der Waals surface area contributed by atoms with Gasteiger partial charge in [-0.25, -0.2) is 4.39 Å². The second-order valence-electron chi connectivity index (χ2n) is 4.68. The first kappa shape index (κ1) is 12.8. The normalized spacial score (nSPS) is 19.3. The van der Waals surface area contributed by atoms with Crippen molar-refractivity contribution in [1.82, 2.24) is 0 Å². The monoisotopic (exact) mass is 248 g/mol. The van der Waals surface area contributed by atoms with E-state index in [1.54, 1.807) is 6.07 Å². The number of ether oxygens (including phenoxy) is 1. The smallest absolute Gasteiger partial charge is 0.126 e. The number of hydrogen-bond acceptors (Lipinski definition) is 3. The average Bonchev–Trinajstić information content (AvgIpc) is 2.39. The van der Waals surface area contributed by atoms with E-state index < -0.39 is 0 Å². The maximum atomic E-state index is 13.3. The molecule has 1 saturated heterocycles. The highest BCUT2D eigenvalue weighted by Gasteiger charge is 2.16. The van der Waals surface area contributed by atoms with Crippen molar-refractivity contribution in [3.63, 3.8) is 0 Å². The Bertz CT molecular complexity index is 450. The molecule has 18 heavy (non-hydrogen) atoms. The van der Waals surface area contributed by atoms with Crippen LogP contribution in [0.2, 0.25) is 0 Å². The first-order valence-electron chi connectivity index (χ1n) is 6.22. The van der Waals surface area contributed by atoms with E-state index in [0.29, 0.717) is 5.56 Å². The molecule has 1 aromatic carbocycles. The summed E-state index contributed by atoms with van der Waals surface area (Å²) in [5, 5.41) is 8.83. The lowest BCUT2D eigenvalue weighted by atomic mass is 10.1. The zero-order valence-corrected chi connectivity index (χ0v) is 10.5. The molecule has 2 rings (SSSR count). The number of nitrogens with zero attached hydrogens (tertiary/aromatic N) is 2. The number of nitriles is 1. The summed E-state index contributed by atoms with van der Waals surface area (Å²) < 4.78 is 19.0. The molecule has 3 nitrogen and oxygen atoms in total. The molecule has 0 spiro atoms. The molecular weight excluding hydrogens is 231 g/mol. The molecule has 1 unspecified atom stereocenters. The fourth-order valence-electron chi connectivity index (χ4n) is 2.22. The molecule has 1 atom stereocenters. The molecule has 1 heterocycles. The highest BCUT2D eigenvalue weighted by molar-refractivity contribution is 5.51. The molecule has 1 aliphatic heterocycles. The van der Waals surface area contributed by atoms with Gasteiger partial charge in [0.15, 0.2) is 0 Å². The van der Waals surface area contributed by atoms with Crippen molar-refractivity contribution in [2.75, 3.05) is 25.1 Å². The van der Waals surface area contributed by atoms with Crippen molar-refractivity contribution in [2.45, 2.75) is 25.4 Å². The zero-order valence-electron chi connectivity index (χ0n) is 10.5. The van der Waals surface area contributed by atoms with E-state index in [-0.39, 0.29) is 11.9 Å². The van der Waals surface area contributed by atoms with Gasteiger partial charge in [0.05, 0.1) is 17.7 Å². The lowest BCUT2D eigenvalue weighted by Crippen LogP contribution is -2.33. The minimum absolute atomic E-state index is 0.206. The van der Waals surface area contributed by atoms with Gasteiger partial charge in [-0.1, -0.05) is 0 Å². The van der Waals surface area contributed by atoms with E-state index in [2.05, 4.69) is 0 Å². The Labute approximate surface area is 107 Å². The summed E-state index contributed by atoms with van der Waals surface area (Å²) >= 11 is 0. The van der Waals surface area contributed by atoms with Gasteiger partial charge in [0.2, 0.25) is 0 Å². The third-order valence-corrected chi connectivity index (χ3v) is 3.20. The van der Waals surface area contributed by atoms with Gasteiger partial charge in [-0.15, -0.1) is 0 Å². The summed E-state index contributed by atoms with van der Waals surface area (Å²) in [5.41, 5.74) is 1.07. The van der Waals surface area contributed by atoms with Crippen LogP contribution in [0.3, 0.4) is 0 Å². The van der Waals surface area contributed by atoms with E-state index >= 15 is 0 Å². The fourth-order valence-corrected chi connectivity index (χ4v) is 2.22. The lowest BCUT2D eigenvalue weighted by molar-refractivity contribution is 0.0216. The number of benzene rings is 1. The average molecular weight is 248 g/mol. The number of hydrogen-bond donors (Lipinski definition) is 0. The lowest BCUT2D eigenvalue weighted by Gasteiger charge is -2.28. The molecule has 0 aliphatic carbocycles. The second-order valence-corrected chi connectivity index (χ2v) is 4.68. The molecule has 0 aromatic heterocycles. The van der Waals surface area contributed by atoms with Crippen molar-refractivity contribution in [1.29, 1.82) is 5.26 Å². The van der Waals surface area contributed by atoms with Crippen molar-refractivity contribution in [3.05, 3.63) is 29.6 Å². The van der Waals surface area contributed by atoms with Crippen LogP contribution in [-0.4, -0.2) is 26.3 Å². The second kappa shape index (κ2) is 5.83. The van der Waals surface area contributed by atoms with Gasteiger partial charge in [-0.2, -0.15) is 5.26 Å². The molecule has 0 bridgehead atoms. The Hall–Kier alpha value is -1.60. The fraction of sp³-hybridized carbons (Fsp3) is 0.500. The van der Waals surface area contributed by atoms with Gasteiger partial charge in [0.1, 0.15) is 5.82 Å². The van der Waals surface area contributed by atoms with Crippen LogP contribution in [0.15, 0.2) is 18.2 Å². The van der Waals surface area contributed by atoms with Crippen LogP contribution in [0.5, 0.6) is 0 Å². The molecule has 96 valence electrons. The van der Waals surface area contributed by atoms with E-state index in [1.165, 1.54) is 18.6 Å². The van der Waals surface area contributed by atoms with Gasteiger partial charge in [-0.05, 0) is 37.5 Å². The van der Waals surface area contributed by atoms with Gasteiger partial charge in [-0.3, -0.25) is 0 Å². The van der Waals surface area contributed by atoms with Crippen molar-refractivity contribution >= 4 is 5.69 Å². The summed E-state index contributed by atoms with van der Waals surface area (Å²) in [6.45, 7) is 1.54. The van der Waals surface area contributed by atoms with Crippen LogP contribution < -0.4 is 4.90 Å². The van der Waals surface area contributed by atoms with Gasteiger partial charge in [0.25, 0.3) is 0 Å². The molecule has 0 saturated carbocycles. The zero-order chi connectivity index (χ0) is 13.0. The number of halogens is 1. The summed E-state index contributed by atoms with van der Waals surface area (Å²) in [6.07, 6.45) is 3.56. The predicted molar refractivity (Wildman–Crippen MR) is 68.0 cm³/mol. The largest absolute Gasteiger partial charge is 0.376 e. The molecule has 1 fully saturated rings. The SMILES string of the molecule is CN(CC1CCCCO1)c1cc(F)cc(C#N)c1. The molecule has 0 amide bonds. The minimum Gasteiger partial charge on any atom is -0.376 e. The Morgan fingerprint density at radius 3 is 2.94 bits per heavy atom. The van der Waals surface area contributed by atoms with Crippen molar-refractivity contribution < 1.29 is 9.13 Å². The predicted octanol–water partition coefficient (Wildman–Crippen LogP) is 2.70. The first-order valence-corrected chi connectivity index (χ1v) is 6.22. The Kier molecular flexibility index (Phi) is 4.16. The molecule has 0 N–H and O–H groups in total. The van der Waals surface area contributed by atoms with Crippen LogP contribution in [0.1, 0.15) is 24.8 Å². The quantitative estimate of drug-likeness (QED) is 0.825. The highest BCUT2D eigenvalue weighted by atomic mass is 19.1. The molecular formula is C14H17FN2O. The summed E-state index contributed by atoms with van der Waals surface area (Å²) in [6, 6.07) is 6.36. The topological polar surface area (TPSA) is 36.3 Å². The summed E-state index contributed by atoms with van der Waals surface area (Å²) in [7, 11) is 1.90. The van der Waals surface area contributed by atoms with Crippen LogP contribution >= 0.6 is 0 Å². The van der Waals surface area contributed by atoms with Crippen LogP contribution in [-0.2, 0) is 4.74 Å². The summed E-state index contributed by atoms with van der Waals surface area (Å²) in [5.74, 6) is -0.375. The maximum Gasteiger partial charge on any atom is 0.126 e. The van der Waals surface area contributed by atoms with Crippen LogP contribution in [0.25, 0.3) is 0 Å². The van der Waals surface area contributed by atoms with E-state index in [9.17, 15) is 4.39 Å². The number of anilines is 1. The van der Waals surface area contributed by atoms with E-state index in [0.717, 1.165) is 31.7 Å². The Morgan fingerprint density at radius 2 is 2.28 bits per heavy atom. The highest BCUT2D eigenvalue weighted by Crippen LogP contribution is 2.20. The van der Waals surface area contributed by atoms with Crippen LogP contribution in [0.4, 0.5) is 10.1 Å². The van der Waals surface area contributed by atoms with Crippen LogP contribution in [0, 0.1) is 17.1 Å². The Balaban J connectivity index is 2.05. The van der Waals surface area contributed by atoms with Gasteiger partial charge in [0, 0.05) is 25.9 Å². The van der Waals surface area contributed by atoms with Crippen molar-refractivity contribution in [2.24, 2.45) is 0 Å². The molecule has 4 heteroatoms. The standard InChI is InChI=1S/C14H17FN2O/c1-17(10-14-4-2-3-5-18-14)13-7-11(9-16)6-12(15)8-13/h6-8,14H,2-5,10H2,1H3. The maximum absolute atomic E-state index is 13.3. The summed E-state index contributed by atoms with van der Waals surface area (Å²) in [4.78, 5) is 1.94. The third kappa shape index (κ3) is 3.21. The third-order valence-electron chi connectivity index (χ3n) is 3.20. The van der Waals surface area contributed by atoms with E-state index in [4.69, 9.17) is 10.00 Å². The molecule has 1 aromatic rings. The first-order chi connectivity index (χ1) is 8.69. The number of likely N-dealkylation sites (N-methyl/N-ethyl adjacent to an activating group) is 1. The van der Waals surface area contributed by atoms with E-state index in [1.807, 2.05) is 18.0 Å². The Morgan fingerprint density at radius 1 is 1.44 bits per heavy atom.